The summed E-state index contributed by atoms with van der Waals surface area (Å²) >= 11 is 19.1. The van der Waals surface area contributed by atoms with Crippen LogP contribution in [0.5, 0.6) is 0 Å². The second-order valence-corrected chi connectivity index (χ2v) is 8.19. The van der Waals surface area contributed by atoms with Gasteiger partial charge in [0.25, 0.3) is 5.22 Å². The lowest BCUT2D eigenvalue weighted by atomic mass is 10.1. The van der Waals surface area contributed by atoms with Crippen molar-refractivity contribution in [2.75, 3.05) is 11.1 Å². The van der Waals surface area contributed by atoms with Crippen LogP contribution in [0, 0.1) is 0 Å². The molecular weight excluding hydrogens is 453 g/mol. The molecule has 4 rings (SSSR count). The van der Waals surface area contributed by atoms with E-state index in [1.165, 1.54) is 12.1 Å². The fraction of sp³-hybridized carbons (Fsp3) is 0.0500. The fourth-order valence-corrected chi connectivity index (χ4v) is 4.15. The fourth-order valence-electron chi connectivity index (χ4n) is 2.67. The van der Waals surface area contributed by atoms with Crippen molar-refractivity contribution >= 4 is 68.9 Å². The third-order valence-corrected chi connectivity index (χ3v) is 5.63. The second kappa shape index (κ2) is 8.63. The molecule has 0 aliphatic carbocycles. The molecule has 0 spiro atoms. The van der Waals surface area contributed by atoms with Crippen molar-refractivity contribution in [3.8, 4) is 11.5 Å². The Hall–Kier alpha value is -2.25. The Kier molecular flexibility index (Phi) is 5.96. The van der Waals surface area contributed by atoms with E-state index in [1.54, 1.807) is 0 Å². The first kappa shape index (κ1) is 20.0. The van der Waals surface area contributed by atoms with Crippen LogP contribution in [0.15, 0.2) is 64.2 Å². The third kappa shape index (κ3) is 4.67. The molecule has 0 saturated heterocycles. The van der Waals surface area contributed by atoms with Gasteiger partial charge in [-0.15, -0.1) is 10.2 Å². The maximum atomic E-state index is 12.2. The summed E-state index contributed by atoms with van der Waals surface area (Å²) in [5, 5.41) is 14.1. The minimum atomic E-state index is -0.313. The van der Waals surface area contributed by atoms with Gasteiger partial charge in [0.1, 0.15) is 0 Å². The van der Waals surface area contributed by atoms with Crippen LogP contribution in [-0.2, 0) is 4.79 Å². The summed E-state index contributed by atoms with van der Waals surface area (Å²) in [6.45, 7) is 0. The van der Waals surface area contributed by atoms with Gasteiger partial charge < -0.3 is 9.73 Å². The van der Waals surface area contributed by atoms with Crippen molar-refractivity contribution in [1.82, 2.24) is 10.2 Å². The maximum absolute atomic E-state index is 12.2. The van der Waals surface area contributed by atoms with Gasteiger partial charge in [-0.3, -0.25) is 4.79 Å². The lowest BCUT2D eigenvalue weighted by Crippen LogP contribution is -2.14. The average molecular weight is 465 g/mol. The summed E-state index contributed by atoms with van der Waals surface area (Å²) in [5.74, 6) is 0.128. The van der Waals surface area contributed by atoms with Gasteiger partial charge in [0.15, 0.2) is 0 Å². The van der Waals surface area contributed by atoms with Gasteiger partial charge in [-0.25, -0.2) is 0 Å². The van der Waals surface area contributed by atoms with E-state index in [-0.39, 0.29) is 26.9 Å². The van der Waals surface area contributed by atoms with Gasteiger partial charge >= 0.3 is 0 Å². The van der Waals surface area contributed by atoms with Crippen LogP contribution in [-0.4, -0.2) is 21.9 Å². The zero-order valence-electron chi connectivity index (χ0n) is 14.7. The molecule has 9 heteroatoms. The highest BCUT2D eigenvalue weighted by atomic mass is 35.5. The van der Waals surface area contributed by atoms with Crippen LogP contribution >= 0.6 is 46.6 Å². The Morgan fingerprint density at radius 3 is 2.45 bits per heavy atom. The molecule has 1 N–H and O–H groups in total. The van der Waals surface area contributed by atoms with E-state index in [4.69, 9.17) is 39.2 Å². The van der Waals surface area contributed by atoms with Gasteiger partial charge in [-0.1, -0.05) is 76.9 Å². The average Bonchev–Trinajstić information content (AvgIpc) is 3.18. The van der Waals surface area contributed by atoms with E-state index in [2.05, 4.69) is 15.5 Å². The third-order valence-electron chi connectivity index (χ3n) is 4.00. The molecule has 0 bridgehead atoms. The van der Waals surface area contributed by atoms with Crippen molar-refractivity contribution in [1.29, 1.82) is 0 Å². The number of hydrogen-bond acceptors (Lipinski definition) is 5. The molecule has 5 nitrogen and oxygen atoms in total. The number of carbonyl (C=O) groups is 1. The molecular formula is C20H12Cl3N3O2S. The maximum Gasteiger partial charge on any atom is 0.277 e. The van der Waals surface area contributed by atoms with Gasteiger partial charge in [-0.05, 0) is 35.0 Å². The Bertz CT molecular complexity index is 1190. The Balaban J connectivity index is 1.42. The first-order valence-electron chi connectivity index (χ1n) is 8.39. The first-order valence-corrected chi connectivity index (χ1v) is 10.5. The number of fused-ring (bicyclic) bond motifs is 1. The molecule has 146 valence electrons. The number of amides is 1. The number of anilines is 1. The molecule has 0 aliphatic heterocycles. The molecule has 1 aromatic heterocycles. The molecule has 0 saturated carbocycles. The highest BCUT2D eigenvalue weighted by molar-refractivity contribution is 7.99. The second-order valence-electron chi connectivity index (χ2n) is 6.02. The number of thioether (sulfide) groups is 1. The van der Waals surface area contributed by atoms with E-state index < -0.39 is 0 Å². The molecule has 4 aromatic rings. The van der Waals surface area contributed by atoms with E-state index >= 15 is 0 Å². The molecule has 0 atom stereocenters. The number of halogens is 3. The Morgan fingerprint density at radius 2 is 1.69 bits per heavy atom. The molecule has 0 radical (unpaired) electrons. The monoisotopic (exact) mass is 463 g/mol. The van der Waals surface area contributed by atoms with Crippen LogP contribution in [0.3, 0.4) is 0 Å². The quantitative estimate of drug-likeness (QED) is 0.338. The van der Waals surface area contributed by atoms with E-state index in [0.717, 1.165) is 28.1 Å². The minimum Gasteiger partial charge on any atom is -0.411 e. The number of hydrogen-bond donors (Lipinski definition) is 1. The van der Waals surface area contributed by atoms with Crippen LogP contribution in [0.2, 0.25) is 15.1 Å². The summed E-state index contributed by atoms with van der Waals surface area (Å²) < 4.78 is 5.67. The van der Waals surface area contributed by atoms with Gasteiger partial charge in [-0.2, -0.15) is 0 Å². The van der Waals surface area contributed by atoms with Crippen molar-refractivity contribution in [2.45, 2.75) is 5.22 Å². The van der Waals surface area contributed by atoms with Crippen LogP contribution in [0.4, 0.5) is 5.69 Å². The topological polar surface area (TPSA) is 68.0 Å². The van der Waals surface area contributed by atoms with Crippen molar-refractivity contribution in [3.63, 3.8) is 0 Å². The molecule has 1 heterocycles. The summed E-state index contributed by atoms with van der Waals surface area (Å²) in [6, 6.07) is 16.9. The Labute approximate surface area is 185 Å². The normalized spacial score (nSPS) is 11.0. The molecule has 1 amide bonds. The number of carbonyl (C=O) groups excluding carboxylic acids is 1. The van der Waals surface area contributed by atoms with Crippen LogP contribution in [0.1, 0.15) is 0 Å². The number of nitrogens with zero attached hydrogens (tertiary/aromatic N) is 2. The van der Waals surface area contributed by atoms with Crippen molar-refractivity contribution in [3.05, 3.63) is 69.7 Å². The van der Waals surface area contributed by atoms with Crippen LogP contribution in [0.25, 0.3) is 22.2 Å². The predicted molar refractivity (Wildman–Crippen MR) is 118 cm³/mol. The lowest BCUT2D eigenvalue weighted by molar-refractivity contribution is -0.113. The molecule has 0 unspecified atom stereocenters. The smallest absolute Gasteiger partial charge is 0.277 e. The van der Waals surface area contributed by atoms with Crippen molar-refractivity contribution < 1.29 is 9.21 Å². The largest absolute Gasteiger partial charge is 0.411 e. The predicted octanol–water partition coefficient (Wildman–Crippen LogP) is 6.58. The Morgan fingerprint density at radius 1 is 0.966 bits per heavy atom. The SMILES string of the molecule is O=C(CSc1nnc(-c2ccc3ccccc3c2)o1)Nc1c(Cl)cc(Cl)cc1Cl. The molecule has 3 aromatic carbocycles. The standard InChI is InChI=1S/C20H12Cl3N3O2S/c21-14-8-15(22)18(16(23)9-14)24-17(27)10-29-20-26-25-19(28-20)13-6-5-11-3-1-2-4-12(11)7-13/h1-9H,10H2,(H,24,27). The van der Waals surface area contributed by atoms with E-state index in [9.17, 15) is 4.79 Å². The molecule has 0 aliphatic rings. The molecule has 29 heavy (non-hydrogen) atoms. The van der Waals surface area contributed by atoms with Crippen LogP contribution < -0.4 is 5.32 Å². The van der Waals surface area contributed by atoms with Gasteiger partial charge in [0.2, 0.25) is 11.8 Å². The number of benzene rings is 3. The highest BCUT2D eigenvalue weighted by Gasteiger charge is 2.14. The van der Waals surface area contributed by atoms with E-state index in [1.807, 2.05) is 42.5 Å². The summed E-state index contributed by atoms with van der Waals surface area (Å²) in [7, 11) is 0. The zero-order chi connectivity index (χ0) is 20.4. The van der Waals surface area contributed by atoms with Gasteiger partial charge in [0.05, 0.1) is 21.5 Å². The number of rotatable bonds is 5. The van der Waals surface area contributed by atoms with E-state index in [0.29, 0.717) is 16.6 Å². The summed E-state index contributed by atoms with van der Waals surface area (Å²) in [4.78, 5) is 12.2. The number of aromatic nitrogens is 2. The highest BCUT2D eigenvalue weighted by Crippen LogP contribution is 2.34. The zero-order valence-corrected chi connectivity index (χ0v) is 17.7. The lowest BCUT2D eigenvalue weighted by Gasteiger charge is -2.09. The minimum absolute atomic E-state index is 0.0502. The van der Waals surface area contributed by atoms with Crippen molar-refractivity contribution in [2.24, 2.45) is 0 Å². The number of nitrogens with one attached hydrogen (secondary N) is 1. The first-order chi connectivity index (χ1) is 14.0. The molecule has 0 fully saturated rings. The van der Waals surface area contributed by atoms with Gasteiger partial charge in [0, 0.05) is 10.6 Å². The summed E-state index contributed by atoms with van der Waals surface area (Å²) in [5.41, 5.74) is 1.12. The summed E-state index contributed by atoms with van der Waals surface area (Å²) in [6.07, 6.45) is 0.